The van der Waals surface area contributed by atoms with Crippen LogP contribution in [0, 0.1) is 13.8 Å². The molecule has 14 aromatic rings. The number of benzene rings is 9. The predicted molar refractivity (Wildman–Crippen MR) is 346 cm³/mol. The third kappa shape index (κ3) is 7.74. The second kappa shape index (κ2) is 18.4. The summed E-state index contributed by atoms with van der Waals surface area (Å²) in [6.45, 7) is 18.9. The van der Waals surface area contributed by atoms with Crippen molar-refractivity contribution >= 4 is 127 Å². The van der Waals surface area contributed by atoms with Gasteiger partial charge in [-0.1, -0.05) is 158 Å². The van der Waals surface area contributed by atoms with Crippen LogP contribution in [0.1, 0.15) is 33.4 Å². The van der Waals surface area contributed by atoms with Crippen LogP contribution in [0.2, 0.25) is 39.3 Å². The Bertz CT molecular complexity index is 4840. The summed E-state index contributed by atoms with van der Waals surface area (Å²) in [5, 5.41) is 8.95. The molecule has 5 heterocycles. The van der Waals surface area contributed by atoms with Gasteiger partial charge in [0.2, 0.25) is 11.4 Å². The van der Waals surface area contributed by atoms with E-state index in [1.807, 2.05) is 12.1 Å². The zero-order chi connectivity index (χ0) is 55.8. The molecule has 5 aromatic heterocycles. The third-order valence-electron chi connectivity index (χ3n) is 17.1. The Morgan fingerprint density at radius 3 is 1.45 bits per heavy atom. The summed E-state index contributed by atoms with van der Waals surface area (Å²) in [7, 11) is -3.32. The molecule has 1 aliphatic carbocycles. The lowest BCUT2D eigenvalue weighted by Gasteiger charge is -2.36. The molecule has 0 saturated heterocycles. The summed E-state index contributed by atoms with van der Waals surface area (Å²) in [5.41, 5.74) is 18.9. The van der Waals surface area contributed by atoms with Crippen molar-refractivity contribution in [3.63, 3.8) is 0 Å². The Balaban J connectivity index is 1.05. The van der Waals surface area contributed by atoms with E-state index in [1.54, 1.807) is 12.4 Å². The quantitative estimate of drug-likeness (QED) is 0.126. The van der Waals surface area contributed by atoms with Gasteiger partial charge in [-0.15, -0.1) is 0 Å². The molecule has 0 fully saturated rings. The Hall–Kier alpha value is -9.29. The minimum atomic E-state index is -1.68. The van der Waals surface area contributed by atoms with Crippen molar-refractivity contribution in [2.45, 2.75) is 58.5 Å². The molecule has 0 atom stereocenters. The third-order valence-corrected chi connectivity index (χ3v) is 21.2. The fourth-order valence-corrected chi connectivity index (χ4v) is 15.4. The molecule has 0 amide bonds. The van der Waals surface area contributed by atoms with E-state index in [9.17, 15) is 0 Å². The van der Waals surface area contributed by atoms with Crippen molar-refractivity contribution in [2.24, 2.45) is 0 Å². The van der Waals surface area contributed by atoms with Crippen LogP contribution in [-0.4, -0.2) is 26.1 Å². The summed E-state index contributed by atoms with van der Waals surface area (Å²) >= 11 is 0. The Morgan fingerprint density at radius 2 is 0.890 bits per heavy atom. The number of anilines is 6. The number of hydrogen-bond acceptors (Lipinski definition) is 7. The van der Waals surface area contributed by atoms with Gasteiger partial charge in [-0.2, -0.15) is 0 Å². The van der Waals surface area contributed by atoms with Crippen molar-refractivity contribution in [2.75, 3.05) is 9.80 Å². The van der Waals surface area contributed by atoms with Crippen LogP contribution in [0.15, 0.2) is 232 Å². The van der Waals surface area contributed by atoms with Crippen molar-refractivity contribution in [1.82, 2.24) is 9.97 Å². The Morgan fingerprint density at radius 1 is 0.390 bits per heavy atom. The second-order valence-corrected chi connectivity index (χ2v) is 34.5. The number of para-hydroxylation sites is 1. The fraction of sp³-hybridized carbons (Fsp3) is 0.123. The topological polar surface area (TPSA) is 71.7 Å². The number of aromatic nitrogens is 2. The van der Waals surface area contributed by atoms with Gasteiger partial charge < -0.3 is 23.1 Å². The lowest BCUT2D eigenvalue weighted by Crippen LogP contribution is -2.37. The highest BCUT2D eigenvalue weighted by Crippen LogP contribution is 2.62. The van der Waals surface area contributed by atoms with Crippen LogP contribution in [-0.2, 0) is 5.41 Å². The molecule has 9 heteroatoms. The maximum Gasteiger partial charge on any atom is 0.227 e. The van der Waals surface area contributed by atoms with E-state index < -0.39 is 21.6 Å². The molecule has 7 nitrogen and oxygen atoms in total. The molecule has 0 unspecified atom stereocenters. The molecule has 0 bridgehead atoms. The van der Waals surface area contributed by atoms with Crippen LogP contribution >= 0.6 is 0 Å². The summed E-state index contributed by atoms with van der Waals surface area (Å²) in [4.78, 5) is 14.0. The van der Waals surface area contributed by atoms with Crippen LogP contribution in [0.5, 0.6) is 0 Å². The highest BCUT2D eigenvalue weighted by Gasteiger charge is 2.49. The van der Waals surface area contributed by atoms with Gasteiger partial charge in [0, 0.05) is 79.6 Å². The highest BCUT2D eigenvalue weighted by atomic mass is 28.3. The normalized spacial score (nSPS) is 13.2. The van der Waals surface area contributed by atoms with Gasteiger partial charge in [0.05, 0.1) is 32.9 Å². The summed E-state index contributed by atoms with van der Waals surface area (Å²) in [6, 6.07) is 76.3. The van der Waals surface area contributed by atoms with Crippen LogP contribution in [0.25, 0.3) is 77.2 Å². The SMILES string of the molecule is Cc1cccc(C2(c3cccc(C)c3)c3cc(N(c4ccc([Si](C)(C)C)cc4)c4ccc5c(c4)oc4ncccc45)ccc3-c3c2cc(N(c2ccc([Si](C)(C)C)cc2)c2ccc4c(c2)oc2ncccc24)c2oc4ccccc4c32)c1. The largest absolute Gasteiger partial charge is 0.454 e. The van der Waals surface area contributed by atoms with Gasteiger partial charge >= 0.3 is 0 Å². The minimum absolute atomic E-state index is 0.616. The molecule has 398 valence electrons. The van der Waals surface area contributed by atoms with Crippen LogP contribution in [0.4, 0.5) is 34.1 Å². The maximum absolute atomic E-state index is 7.36. The first kappa shape index (κ1) is 49.7. The first-order chi connectivity index (χ1) is 39.7. The molecule has 1 aliphatic rings. The van der Waals surface area contributed by atoms with Crippen molar-refractivity contribution in [1.29, 1.82) is 0 Å². The maximum atomic E-state index is 7.36. The number of hydrogen-bond donors (Lipinski definition) is 0. The van der Waals surface area contributed by atoms with E-state index >= 15 is 0 Å². The molecule has 0 aliphatic heterocycles. The summed E-state index contributed by atoms with van der Waals surface area (Å²) in [5.74, 6) is 0. The number of aryl methyl sites for hydroxylation is 2. The van der Waals surface area contributed by atoms with Gasteiger partial charge in [-0.05, 0) is 144 Å². The van der Waals surface area contributed by atoms with Crippen LogP contribution in [0.3, 0.4) is 0 Å². The van der Waals surface area contributed by atoms with Gasteiger partial charge in [-0.25, -0.2) is 9.97 Å². The summed E-state index contributed by atoms with van der Waals surface area (Å²) < 4.78 is 20.5. The lowest BCUT2D eigenvalue weighted by atomic mass is 9.67. The van der Waals surface area contributed by atoms with Crippen LogP contribution < -0.4 is 20.2 Å². The molecule has 82 heavy (non-hydrogen) atoms. The fourth-order valence-electron chi connectivity index (χ4n) is 13.1. The summed E-state index contributed by atoms with van der Waals surface area (Å²) in [6.07, 6.45) is 3.58. The number of pyridine rings is 2. The lowest BCUT2D eigenvalue weighted by molar-refractivity contribution is 0.653. The molecular formula is C73H60N4O3Si2. The van der Waals surface area contributed by atoms with E-state index in [1.165, 1.54) is 43.8 Å². The highest BCUT2D eigenvalue weighted by molar-refractivity contribution is 6.89. The molecule has 15 rings (SSSR count). The van der Waals surface area contributed by atoms with E-state index in [4.69, 9.17) is 13.3 Å². The standard InChI is InChI=1S/C73H60N4O3Si2/c1-45-15-11-17-47(39-45)73(48-18-12-16-46(2)40-48)62-41-51(76(49-23-30-54(31-24-49)81(3,4)5)52-27-34-56-58-20-13-37-74-71(58)79-66(56)42-52)29-36-60(62)68-63(73)44-64(70-69(68)61-19-9-10-22-65(61)78-70)77(50-25-32-55(33-26-50)82(6,7)8)53-28-35-57-59-21-14-38-75-72(59)80-67(57)43-53/h9-44H,1-8H3. The number of rotatable bonds is 10. The van der Waals surface area contributed by atoms with E-state index in [0.29, 0.717) is 11.4 Å². The number of furan rings is 3. The van der Waals surface area contributed by atoms with Crippen molar-refractivity contribution in [3.8, 4) is 11.1 Å². The first-order valence-corrected chi connectivity index (χ1v) is 35.3. The molecular weight excluding hydrogens is 1040 g/mol. The number of fused-ring (bicyclic) bond motifs is 13. The van der Waals surface area contributed by atoms with Gasteiger partial charge in [0.25, 0.3) is 0 Å². The Labute approximate surface area is 478 Å². The van der Waals surface area contributed by atoms with Crippen molar-refractivity contribution < 1.29 is 13.3 Å². The zero-order valence-corrected chi connectivity index (χ0v) is 49.3. The first-order valence-electron chi connectivity index (χ1n) is 28.3. The van der Waals surface area contributed by atoms with E-state index in [0.717, 1.165) is 99.9 Å². The molecule has 0 radical (unpaired) electrons. The average molecular weight is 1100 g/mol. The van der Waals surface area contributed by atoms with E-state index in [-0.39, 0.29) is 0 Å². The monoisotopic (exact) mass is 1100 g/mol. The molecule has 9 aromatic carbocycles. The average Bonchev–Trinajstić information content (AvgIpc) is 1.65. The zero-order valence-electron chi connectivity index (χ0n) is 47.3. The smallest absolute Gasteiger partial charge is 0.227 e. The van der Waals surface area contributed by atoms with Gasteiger partial charge in [0.15, 0.2) is 5.58 Å². The Kier molecular flexibility index (Phi) is 11.1. The number of nitrogens with zero attached hydrogens (tertiary/aromatic N) is 4. The minimum Gasteiger partial charge on any atom is -0.454 e. The molecule has 0 spiro atoms. The van der Waals surface area contributed by atoms with Crippen molar-refractivity contribution in [3.05, 3.63) is 252 Å². The molecule has 0 N–H and O–H groups in total. The van der Waals surface area contributed by atoms with Gasteiger partial charge in [0.1, 0.15) is 16.7 Å². The van der Waals surface area contributed by atoms with Gasteiger partial charge in [-0.3, -0.25) is 0 Å². The van der Waals surface area contributed by atoms with E-state index in [2.05, 4.69) is 267 Å². The molecule has 0 saturated carbocycles. The predicted octanol–water partition coefficient (Wildman–Crippen LogP) is 19.2. The second-order valence-electron chi connectivity index (χ2n) is 24.4.